The van der Waals surface area contributed by atoms with Crippen molar-refractivity contribution in [3.8, 4) is 0 Å². The smallest absolute Gasteiger partial charge is 0.252 e. The van der Waals surface area contributed by atoms with Crippen molar-refractivity contribution in [2.75, 3.05) is 11.0 Å². The van der Waals surface area contributed by atoms with Crippen LogP contribution in [0.25, 0.3) is 0 Å². The number of aryl methyl sites for hydroxylation is 2. The number of nitrogens with one attached hydrogen (secondary N) is 2. The molecule has 1 amide bonds. The number of carbonyl (C=O) groups excluding carboxylic acids is 1. The van der Waals surface area contributed by atoms with Crippen LogP contribution in [0, 0.1) is 6.92 Å². The first kappa shape index (κ1) is 18.5. The van der Waals surface area contributed by atoms with Crippen LogP contribution in [0.5, 0.6) is 0 Å². The van der Waals surface area contributed by atoms with E-state index in [-0.39, 0.29) is 11.9 Å². The van der Waals surface area contributed by atoms with E-state index in [0.29, 0.717) is 16.8 Å². The molecule has 26 heavy (non-hydrogen) atoms. The van der Waals surface area contributed by atoms with Crippen LogP contribution in [0.2, 0.25) is 0 Å². The Bertz CT molecular complexity index is 952. The van der Waals surface area contributed by atoms with Crippen molar-refractivity contribution >= 4 is 21.6 Å². The number of fused-ring (bicyclic) bond motifs is 1. The van der Waals surface area contributed by atoms with Crippen LogP contribution in [0.3, 0.4) is 0 Å². The van der Waals surface area contributed by atoms with E-state index in [1.165, 1.54) is 17.5 Å². The molecule has 0 aromatic heterocycles. The summed E-state index contributed by atoms with van der Waals surface area (Å²) in [7, 11) is -3.40. The van der Waals surface area contributed by atoms with Crippen molar-refractivity contribution in [1.82, 2.24) is 5.32 Å². The zero-order valence-electron chi connectivity index (χ0n) is 15.3. The fraction of sp³-hybridized carbons (Fsp3) is 0.350. The second-order valence-electron chi connectivity index (χ2n) is 6.93. The fourth-order valence-electron chi connectivity index (χ4n) is 3.41. The molecule has 0 saturated heterocycles. The van der Waals surface area contributed by atoms with Gasteiger partial charge in [0, 0.05) is 5.56 Å². The van der Waals surface area contributed by atoms with Crippen molar-refractivity contribution in [2.24, 2.45) is 0 Å². The molecule has 1 aliphatic rings. The molecule has 2 aromatic carbocycles. The van der Waals surface area contributed by atoms with Crippen LogP contribution < -0.4 is 10.0 Å². The Balaban J connectivity index is 1.78. The van der Waals surface area contributed by atoms with Crippen LogP contribution in [0.15, 0.2) is 36.4 Å². The number of sulfonamides is 1. The van der Waals surface area contributed by atoms with Crippen molar-refractivity contribution in [3.05, 3.63) is 64.2 Å². The second-order valence-corrected chi connectivity index (χ2v) is 8.68. The monoisotopic (exact) mass is 372 g/mol. The fourth-order valence-corrected chi connectivity index (χ4v) is 4.03. The van der Waals surface area contributed by atoms with Gasteiger partial charge in [0.05, 0.1) is 18.0 Å². The molecule has 0 radical (unpaired) electrons. The number of carbonyl (C=O) groups is 1. The SMILES string of the molecule is Cc1c(NS(C)(=O)=O)cccc1C(=O)NC(C)c1ccc2c(c1)CCC2. The molecule has 3 rings (SSSR count). The van der Waals surface area contributed by atoms with E-state index < -0.39 is 10.0 Å². The molecule has 0 aliphatic heterocycles. The molecule has 0 bridgehead atoms. The van der Waals surface area contributed by atoms with Gasteiger partial charge in [-0.3, -0.25) is 9.52 Å². The molecule has 2 N–H and O–H groups in total. The Morgan fingerprint density at radius 3 is 2.58 bits per heavy atom. The second kappa shape index (κ2) is 7.11. The van der Waals surface area contributed by atoms with Crippen LogP contribution in [0.1, 0.15) is 52.0 Å². The van der Waals surface area contributed by atoms with Gasteiger partial charge in [0.1, 0.15) is 0 Å². The van der Waals surface area contributed by atoms with Crippen molar-refractivity contribution in [1.29, 1.82) is 0 Å². The summed E-state index contributed by atoms with van der Waals surface area (Å²) in [6.07, 6.45) is 4.52. The summed E-state index contributed by atoms with van der Waals surface area (Å²) < 4.78 is 25.4. The van der Waals surface area contributed by atoms with Gasteiger partial charge in [0.15, 0.2) is 0 Å². The predicted molar refractivity (Wildman–Crippen MR) is 104 cm³/mol. The Labute approximate surface area is 154 Å². The third kappa shape index (κ3) is 4.07. The molecule has 5 nitrogen and oxygen atoms in total. The minimum atomic E-state index is -3.40. The molecule has 6 heteroatoms. The lowest BCUT2D eigenvalue weighted by molar-refractivity contribution is 0.0939. The van der Waals surface area contributed by atoms with Gasteiger partial charge in [-0.25, -0.2) is 8.42 Å². The third-order valence-electron chi connectivity index (χ3n) is 4.84. The molecule has 138 valence electrons. The van der Waals surface area contributed by atoms with Crippen LogP contribution in [-0.2, 0) is 22.9 Å². The summed E-state index contributed by atoms with van der Waals surface area (Å²) in [5.41, 5.74) is 5.36. The van der Waals surface area contributed by atoms with Gasteiger partial charge >= 0.3 is 0 Å². The summed E-state index contributed by atoms with van der Waals surface area (Å²) in [5, 5.41) is 3.02. The molecule has 1 aliphatic carbocycles. The first-order valence-corrected chi connectivity index (χ1v) is 10.6. The van der Waals surface area contributed by atoms with E-state index in [0.717, 1.165) is 24.7 Å². The minimum Gasteiger partial charge on any atom is -0.346 e. The molecule has 2 aromatic rings. The van der Waals surface area contributed by atoms with E-state index >= 15 is 0 Å². The predicted octanol–water partition coefficient (Wildman–Crippen LogP) is 3.35. The van der Waals surface area contributed by atoms with Crippen molar-refractivity contribution < 1.29 is 13.2 Å². The maximum Gasteiger partial charge on any atom is 0.252 e. The minimum absolute atomic E-state index is 0.126. The maximum absolute atomic E-state index is 12.7. The number of rotatable bonds is 5. The number of amides is 1. The molecular formula is C20H24N2O3S. The molecular weight excluding hydrogens is 348 g/mol. The first-order valence-electron chi connectivity index (χ1n) is 8.74. The standard InChI is InChI=1S/C20H24N2O3S/c1-13-18(8-5-9-19(13)22-26(3,24)25)20(23)21-14(2)16-11-10-15-6-4-7-17(15)12-16/h5,8-12,14,22H,4,6-7H2,1-3H3,(H,21,23). The van der Waals surface area contributed by atoms with Gasteiger partial charge < -0.3 is 5.32 Å². The highest BCUT2D eigenvalue weighted by molar-refractivity contribution is 7.92. The average Bonchev–Trinajstić information content (AvgIpc) is 3.03. The molecule has 1 unspecified atom stereocenters. The molecule has 1 atom stereocenters. The number of hydrogen-bond donors (Lipinski definition) is 2. The van der Waals surface area contributed by atoms with Gasteiger partial charge in [-0.15, -0.1) is 0 Å². The number of benzene rings is 2. The molecule has 0 saturated carbocycles. The highest BCUT2D eigenvalue weighted by Gasteiger charge is 2.18. The van der Waals surface area contributed by atoms with E-state index in [9.17, 15) is 13.2 Å². The van der Waals surface area contributed by atoms with Crippen LogP contribution in [0.4, 0.5) is 5.69 Å². The molecule has 0 spiro atoms. The first-order chi connectivity index (χ1) is 12.2. The van der Waals surface area contributed by atoms with E-state index in [4.69, 9.17) is 0 Å². The lowest BCUT2D eigenvalue weighted by Gasteiger charge is -2.17. The van der Waals surface area contributed by atoms with E-state index in [1.807, 2.05) is 6.92 Å². The summed E-state index contributed by atoms with van der Waals surface area (Å²) in [4.78, 5) is 12.7. The van der Waals surface area contributed by atoms with Gasteiger partial charge in [0.2, 0.25) is 10.0 Å². The Hall–Kier alpha value is -2.34. The summed E-state index contributed by atoms with van der Waals surface area (Å²) in [5.74, 6) is -0.215. The number of anilines is 1. The van der Waals surface area contributed by atoms with E-state index in [1.54, 1.807) is 25.1 Å². The van der Waals surface area contributed by atoms with Gasteiger partial charge in [-0.1, -0.05) is 24.3 Å². The highest BCUT2D eigenvalue weighted by Crippen LogP contribution is 2.26. The highest BCUT2D eigenvalue weighted by atomic mass is 32.2. The topological polar surface area (TPSA) is 75.3 Å². The van der Waals surface area contributed by atoms with Crippen LogP contribution >= 0.6 is 0 Å². The number of hydrogen-bond acceptors (Lipinski definition) is 3. The van der Waals surface area contributed by atoms with Gasteiger partial charge in [-0.2, -0.15) is 0 Å². The quantitative estimate of drug-likeness (QED) is 0.845. The molecule has 0 heterocycles. The third-order valence-corrected chi connectivity index (χ3v) is 5.43. The largest absolute Gasteiger partial charge is 0.346 e. The maximum atomic E-state index is 12.7. The zero-order chi connectivity index (χ0) is 18.9. The van der Waals surface area contributed by atoms with Crippen molar-refractivity contribution in [3.63, 3.8) is 0 Å². The lowest BCUT2D eigenvalue weighted by Crippen LogP contribution is -2.27. The lowest BCUT2D eigenvalue weighted by atomic mass is 10.0. The summed E-state index contributed by atoms with van der Waals surface area (Å²) >= 11 is 0. The van der Waals surface area contributed by atoms with Crippen LogP contribution in [-0.4, -0.2) is 20.6 Å². The molecule has 0 fully saturated rings. The normalized spacial score (nSPS) is 14.6. The average molecular weight is 372 g/mol. The Kier molecular flexibility index (Phi) is 5.05. The summed E-state index contributed by atoms with van der Waals surface area (Å²) in [6, 6.07) is 11.3. The Morgan fingerprint density at radius 1 is 1.12 bits per heavy atom. The summed E-state index contributed by atoms with van der Waals surface area (Å²) in [6.45, 7) is 3.70. The van der Waals surface area contributed by atoms with Gasteiger partial charge in [0.25, 0.3) is 5.91 Å². The van der Waals surface area contributed by atoms with Gasteiger partial charge in [-0.05, 0) is 67.5 Å². The Morgan fingerprint density at radius 2 is 1.85 bits per heavy atom. The van der Waals surface area contributed by atoms with E-state index in [2.05, 4.69) is 28.2 Å². The van der Waals surface area contributed by atoms with Crippen molar-refractivity contribution in [2.45, 2.75) is 39.2 Å². The zero-order valence-corrected chi connectivity index (χ0v) is 16.1.